The van der Waals surface area contributed by atoms with E-state index in [9.17, 15) is 0 Å². The van der Waals surface area contributed by atoms with Gasteiger partial charge in [-0.15, -0.1) is 0 Å². The van der Waals surface area contributed by atoms with Crippen LogP contribution in [0.25, 0.3) is 11.1 Å². The molecule has 4 nitrogen and oxygen atoms in total. The Hall–Kier alpha value is -2.46. The van der Waals surface area contributed by atoms with Crippen LogP contribution < -0.4 is 5.73 Å². The molecule has 0 aliphatic rings. The summed E-state index contributed by atoms with van der Waals surface area (Å²) < 4.78 is 0. The first kappa shape index (κ1) is 14.0. The molecule has 0 spiro atoms. The number of aromatic amines is 1. The topological polar surface area (TPSA) is 67.6 Å². The minimum absolute atomic E-state index is 0.470. The van der Waals surface area contributed by atoms with E-state index in [2.05, 4.69) is 34.2 Å². The molecule has 0 atom stereocenters. The van der Waals surface area contributed by atoms with Gasteiger partial charge in [0.25, 0.3) is 0 Å². The number of rotatable bonds is 2. The number of H-pyrrole nitrogens is 1. The lowest BCUT2D eigenvalue weighted by atomic mass is 10.1. The molecule has 0 aliphatic heterocycles. The van der Waals surface area contributed by atoms with Crippen molar-refractivity contribution in [3.05, 3.63) is 72.3 Å². The van der Waals surface area contributed by atoms with Gasteiger partial charge in [0.05, 0.1) is 11.9 Å². The molecule has 0 saturated carbocycles. The van der Waals surface area contributed by atoms with Crippen LogP contribution in [0, 0.1) is 6.92 Å². The van der Waals surface area contributed by atoms with E-state index in [4.69, 9.17) is 5.73 Å². The molecule has 20 heavy (non-hydrogen) atoms. The summed E-state index contributed by atoms with van der Waals surface area (Å²) in [7, 11) is 0. The van der Waals surface area contributed by atoms with E-state index in [1.54, 1.807) is 18.6 Å². The van der Waals surface area contributed by atoms with E-state index in [1.807, 2.05) is 30.3 Å². The summed E-state index contributed by atoms with van der Waals surface area (Å²) in [6.07, 6.45) is 5.28. The highest BCUT2D eigenvalue weighted by molar-refractivity contribution is 5.64. The number of hydrogen-bond donors (Lipinski definition) is 2. The molecule has 0 fully saturated rings. The number of aryl methyl sites for hydroxylation is 1. The van der Waals surface area contributed by atoms with Gasteiger partial charge in [-0.3, -0.25) is 10.1 Å². The molecular formula is C16H18N4. The third-order valence-corrected chi connectivity index (χ3v) is 2.85. The molecule has 2 heterocycles. The molecule has 3 N–H and O–H groups in total. The predicted molar refractivity (Wildman–Crippen MR) is 80.9 cm³/mol. The van der Waals surface area contributed by atoms with E-state index in [-0.39, 0.29) is 0 Å². The SMILES string of the molecule is Cc1ccccc1.NCc1[nH]ncc1-c1ccncc1. The van der Waals surface area contributed by atoms with Gasteiger partial charge in [-0.25, -0.2) is 0 Å². The highest BCUT2D eigenvalue weighted by Crippen LogP contribution is 2.19. The average molecular weight is 266 g/mol. The summed E-state index contributed by atoms with van der Waals surface area (Å²) >= 11 is 0. The van der Waals surface area contributed by atoms with Crippen LogP contribution in [0.2, 0.25) is 0 Å². The van der Waals surface area contributed by atoms with Crippen LogP contribution in [0.5, 0.6) is 0 Å². The Morgan fingerprint density at radius 3 is 2.30 bits per heavy atom. The molecule has 102 valence electrons. The van der Waals surface area contributed by atoms with Crippen molar-refractivity contribution in [1.29, 1.82) is 0 Å². The van der Waals surface area contributed by atoms with Gasteiger partial charge in [-0.05, 0) is 24.6 Å². The van der Waals surface area contributed by atoms with Crippen molar-refractivity contribution in [2.24, 2.45) is 5.73 Å². The Labute approximate surface area is 118 Å². The average Bonchev–Trinajstić information content (AvgIpc) is 2.98. The van der Waals surface area contributed by atoms with Gasteiger partial charge < -0.3 is 5.73 Å². The van der Waals surface area contributed by atoms with Crippen molar-refractivity contribution in [3.63, 3.8) is 0 Å². The Morgan fingerprint density at radius 2 is 1.75 bits per heavy atom. The number of pyridine rings is 1. The zero-order valence-corrected chi connectivity index (χ0v) is 11.5. The zero-order chi connectivity index (χ0) is 14.2. The van der Waals surface area contributed by atoms with E-state index in [0.29, 0.717) is 6.54 Å². The third kappa shape index (κ3) is 3.76. The standard InChI is InChI=1S/C9H10N4.C7H8/c10-5-9-8(6-12-13-9)7-1-3-11-4-2-7;1-7-5-3-2-4-6-7/h1-4,6H,5,10H2,(H,12,13);2-6H,1H3. The van der Waals surface area contributed by atoms with Crippen LogP contribution in [0.3, 0.4) is 0 Å². The summed E-state index contributed by atoms with van der Waals surface area (Å²) in [5.41, 5.74) is 9.95. The lowest BCUT2D eigenvalue weighted by Crippen LogP contribution is -1.98. The van der Waals surface area contributed by atoms with Crippen LogP contribution in [0.4, 0.5) is 0 Å². The Balaban J connectivity index is 0.000000178. The van der Waals surface area contributed by atoms with Gasteiger partial charge in [0.1, 0.15) is 0 Å². The van der Waals surface area contributed by atoms with Crippen LogP contribution >= 0.6 is 0 Å². The minimum atomic E-state index is 0.470. The van der Waals surface area contributed by atoms with Gasteiger partial charge >= 0.3 is 0 Å². The maximum Gasteiger partial charge on any atom is 0.0569 e. The predicted octanol–water partition coefficient (Wildman–Crippen LogP) is 2.93. The summed E-state index contributed by atoms with van der Waals surface area (Å²) in [4.78, 5) is 3.95. The molecule has 0 saturated heterocycles. The number of nitrogens with one attached hydrogen (secondary N) is 1. The van der Waals surface area contributed by atoms with Crippen LogP contribution in [-0.2, 0) is 6.54 Å². The summed E-state index contributed by atoms with van der Waals surface area (Å²) in [5, 5.41) is 6.80. The number of hydrogen-bond acceptors (Lipinski definition) is 3. The number of nitrogens with zero attached hydrogens (tertiary/aromatic N) is 2. The quantitative estimate of drug-likeness (QED) is 0.749. The summed E-state index contributed by atoms with van der Waals surface area (Å²) in [6.45, 7) is 2.55. The second-order valence-electron chi connectivity index (χ2n) is 4.36. The first-order valence-corrected chi connectivity index (χ1v) is 6.45. The van der Waals surface area contributed by atoms with Gasteiger partial charge in [-0.2, -0.15) is 5.10 Å². The van der Waals surface area contributed by atoms with Gasteiger partial charge in [0, 0.05) is 24.5 Å². The molecule has 3 rings (SSSR count). The first-order valence-electron chi connectivity index (χ1n) is 6.45. The first-order chi connectivity index (χ1) is 9.81. The molecule has 3 aromatic rings. The number of benzene rings is 1. The summed E-state index contributed by atoms with van der Waals surface area (Å²) in [5.74, 6) is 0. The maximum absolute atomic E-state index is 5.55. The molecule has 0 unspecified atom stereocenters. The van der Waals surface area contributed by atoms with Gasteiger partial charge in [0.2, 0.25) is 0 Å². The number of nitrogens with two attached hydrogens (primary N) is 1. The van der Waals surface area contributed by atoms with Crippen molar-refractivity contribution in [1.82, 2.24) is 15.2 Å². The Kier molecular flexibility index (Phi) is 5.03. The molecule has 0 aliphatic carbocycles. The fourth-order valence-electron chi connectivity index (χ4n) is 1.78. The van der Waals surface area contributed by atoms with Crippen molar-refractivity contribution < 1.29 is 0 Å². The Morgan fingerprint density at radius 1 is 1.05 bits per heavy atom. The molecule has 4 heteroatoms. The number of aromatic nitrogens is 3. The second-order valence-corrected chi connectivity index (χ2v) is 4.36. The van der Waals surface area contributed by atoms with Crippen LogP contribution in [0.1, 0.15) is 11.3 Å². The second kappa shape index (κ2) is 7.21. The summed E-state index contributed by atoms with van der Waals surface area (Å²) in [6, 6.07) is 14.1. The zero-order valence-electron chi connectivity index (χ0n) is 11.5. The fourth-order valence-corrected chi connectivity index (χ4v) is 1.78. The third-order valence-electron chi connectivity index (χ3n) is 2.85. The molecule has 0 amide bonds. The van der Waals surface area contributed by atoms with E-state index < -0.39 is 0 Å². The normalized spacial score (nSPS) is 9.70. The Bertz CT molecular complexity index is 617. The molecule has 1 aromatic carbocycles. The highest BCUT2D eigenvalue weighted by Gasteiger charge is 2.04. The lowest BCUT2D eigenvalue weighted by Gasteiger charge is -1.98. The van der Waals surface area contributed by atoms with Crippen LogP contribution in [0.15, 0.2) is 61.1 Å². The van der Waals surface area contributed by atoms with Crippen molar-refractivity contribution >= 4 is 0 Å². The van der Waals surface area contributed by atoms with Crippen molar-refractivity contribution in [3.8, 4) is 11.1 Å². The molecule has 0 radical (unpaired) electrons. The highest BCUT2D eigenvalue weighted by atomic mass is 15.1. The van der Waals surface area contributed by atoms with Gasteiger partial charge in [-0.1, -0.05) is 35.9 Å². The fraction of sp³-hybridized carbons (Fsp3) is 0.125. The van der Waals surface area contributed by atoms with Gasteiger partial charge in [0.15, 0.2) is 0 Å². The van der Waals surface area contributed by atoms with Crippen molar-refractivity contribution in [2.45, 2.75) is 13.5 Å². The van der Waals surface area contributed by atoms with Crippen LogP contribution in [-0.4, -0.2) is 15.2 Å². The monoisotopic (exact) mass is 266 g/mol. The molecule has 0 bridgehead atoms. The maximum atomic E-state index is 5.55. The lowest BCUT2D eigenvalue weighted by molar-refractivity contribution is 0.948. The van der Waals surface area contributed by atoms with E-state index in [1.165, 1.54) is 5.56 Å². The smallest absolute Gasteiger partial charge is 0.0569 e. The van der Waals surface area contributed by atoms with Crippen molar-refractivity contribution in [2.75, 3.05) is 0 Å². The minimum Gasteiger partial charge on any atom is -0.325 e. The van der Waals surface area contributed by atoms with E-state index >= 15 is 0 Å². The van der Waals surface area contributed by atoms with E-state index in [0.717, 1.165) is 16.8 Å². The molecule has 2 aromatic heterocycles. The molecular weight excluding hydrogens is 248 g/mol. The largest absolute Gasteiger partial charge is 0.325 e.